The van der Waals surface area contributed by atoms with Crippen molar-refractivity contribution in [3.8, 4) is 6.07 Å². The Morgan fingerprint density at radius 1 is 1.32 bits per heavy atom. The van der Waals surface area contributed by atoms with Crippen molar-refractivity contribution in [1.82, 2.24) is 24.7 Å². The first-order chi connectivity index (χ1) is 19.6. The average molecular weight is 564 g/mol. The zero-order chi connectivity index (χ0) is 29.4. The van der Waals surface area contributed by atoms with Gasteiger partial charge in [-0.05, 0) is 55.7 Å². The summed E-state index contributed by atoms with van der Waals surface area (Å²) in [4.78, 5) is 46.5. The zero-order valence-electron chi connectivity index (χ0n) is 22.2. The van der Waals surface area contributed by atoms with E-state index in [0.717, 1.165) is 0 Å². The van der Waals surface area contributed by atoms with Gasteiger partial charge in [-0.25, -0.2) is 4.79 Å². The minimum absolute atomic E-state index is 0.0369. The highest BCUT2D eigenvalue weighted by atomic mass is 16.7. The lowest BCUT2D eigenvalue weighted by atomic mass is 9.73. The van der Waals surface area contributed by atoms with Crippen molar-refractivity contribution in [1.29, 1.82) is 5.26 Å². The van der Waals surface area contributed by atoms with Crippen molar-refractivity contribution in [3.05, 3.63) is 80.3 Å². The van der Waals surface area contributed by atoms with Gasteiger partial charge in [0.1, 0.15) is 22.6 Å². The van der Waals surface area contributed by atoms with Crippen LogP contribution in [-0.4, -0.2) is 59.6 Å². The molecule has 1 aliphatic heterocycles. The number of aryl methyl sites for hydroxylation is 1. The van der Waals surface area contributed by atoms with Crippen LogP contribution in [0.2, 0.25) is 0 Å². The van der Waals surface area contributed by atoms with Gasteiger partial charge in [-0.15, -0.1) is 5.10 Å². The smallest absolute Gasteiger partial charge is 0.330 e. The molecule has 3 heterocycles. The summed E-state index contributed by atoms with van der Waals surface area (Å²) in [7, 11) is 0. The number of carbonyl (C=O) groups is 1. The molecule has 3 aromatic rings. The van der Waals surface area contributed by atoms with Crippen LogP contribution in [0.1, 0.15) is 37.7 Å². The van der Waals surface area contributed by atoms with Crippen molar-refractivity contribution in [2.75, 3.05) is 6.61 Å². The molecule has 5 N–H and O–H groups in total. The Morgan fingerprint density at radius 3 is 2.80 bits per heavy atom. The van der Waals surface area contributed by atoms with Gasteiger partial charge in [0.25, 0.3) is 5.56 Å². The predicted molar refractivity (Wildman–Crippen MR) is 143 cm³/mol. The number of nitrogens with one attached hydrogen (secondary N) is 1. The number of rotatable bonds is 9. The molecule has 2 aromatic heterocycles. The molecule has 1 fully saturated rings. The number of aliphatic hydroxyl groups excluding tert-OH is 2. The summed E-state index contributed by atoms with van der Waals surface area (Å²) >= 11 is 0. The van der Waals surface area contributed by atoms with Crippen LogP contribution < -0.4 is 21.8 Å². The molecule has 14 heteroatoms. The second kappa shape index (κ2) is 10.8. The maximum absolute atomic E-state index is 12.9. The van der Waals surface area contributed by atoms with E-state index < -0.39 is 47.1 Å². The molecule has 5 rings (SSSR count). The first-order valence-corrected chi connectivity index (χ1v) is 13.0. The number of aliphatic hydroxyl groups is 2. The first-order valence-electron chi connectivity index (χ1n) is 13.0. The molecule has 0 spiro atoms. The molecule has 0 bridgehead atoms. The molecule has 41 heavy (non-hydrogen) atoms. The molecule has 2 aliphatic rings. The van der Waals surface area contributed by atoms with E-state index in [4.69, 9.17) is 15.3 Å². The number of hydrogen-bond donors (Lipinski definition) is 4. The van der Waals surface area contributed by atoms with Gasteiger partial charge in [-0.1, -0.05) is 17.0 Å². The molecule has 0 radical (unpaired) electrons. The third kappa shape index (κ3) is 5.06. The van der Waals surface area contributed by atoms with Gasteiger partial charge in [-0.2, -0.15) is 5.26 Å². The molecule has 1 saturated heterocycles. The number of amides is 1. The Hall–Kier alpha value is -4.58. The molecule has 4 atom stereocenters. The van der Waals surface area contributed by atoms with Crippen LogP contribution in [0.4, 0.5) is 0 Å². The van der Waals surface area contributed by atoms with E-state index >= 15 is 0 Å². The fourth-order valence-electron chi connectivity index (χ4n) is 5.46. The minimum Gasteiger partial charge on any atom is -0.394 e. The third-order valence-electron chi connectivity index (χ3n) is 7.67. The number of benzene rings is 1. The van der Waals surface area contributed by atoms with Crippen LogP contribution in [0.3, 0.4) is 0 Å². The first kappa shape index (κ1) is 28.0. The Morgan fingerprint density at radius 2 is 2.10 bits per heavy atom. The van der Waals surface area contributed by atoms with Gasteiger partial charge < -0.3 is 25.5 Å². The van der Waals surface area contributed by atoms with Crippen LogP contribution in [0, 0.1) is 23.7 Å². The number of para-hydroxylation sites is 1. The zero-order valence-corrected chi connectivity index (χ0v) is 22.2. The number of nitrogens with zero attached hydrogens (tertiary/aromatic N) is 5. The van der Waals surface area contributed by atoms with Gasteiger partial charge in [0.2, 0.25) is 5.91 Å². The fourth-order valence-corrected chi connectivity index (χ4v) is 5.46. The summed E-state index contributed by atoms with van der Waals surface area (Å²) in [5.74, 6) is -0.460. The number of allylic oxidation sites excluding steroid dienone is 3. The number of fused-ring (bicyclic) bond motifs is 1. The lowest BCUT2D eigenvalue weighted by molar-refractivity contribution is -0.125. The number of H-pyrrole nitrogens is 1. The fraction of sp³-hybridized carbons (Fsp3) is 0.407. The summed E-state index contributed by atoms with van der Waals surface area (Å²) < 4.78 is 7.27. The van der Waals surface area contributed by atoms with Crippen LogP contribution in [0.5, 0.6) is 0 Å². The van der Waals surface area contributed by atoms with Crippen molar-refractivity contribution < 1.29 is 24.6 Å². The minimum atomic E-state index is -1.42. The quantitative estimate of drug-likeness (QED) is 0.271. The number of nitrogens with two attached hydrogens (primary N) is 1. The van der Waals surface area contributed by atoms with E-state index in [1.807, 2.05) is 0 Å². The molecule has 1 amide bonds. The van der Waals surface area contributed by atoms with E-state index in [2.05, 4.69) is 21.4 Å². The van der Waals surface area contributed by atoms with E-state index in [-0.39, 0.29) is 49.0 Å². The molecular weight excluding hydrogens is 534 g/mol. The van der Waals surface area contributed by atoms with Gasteiger partial charge in [0.05, 0.1) is 18.8 Å². The Kier molecular flexibility index (Phi) is 7.35. The molecular formula is C27H29N7O7. The molecule has 14 nitrogen and oxygen atoms in total. The summed E-state index contributed by atoms with van der Waals surface area (Å²) in [6.07, 6.45) is 2.73. The maximum Gasteiger partial charge on any atom is 0.330 e. The number of nitriles is 1. The highest BCUT2D eigenvalue weighted by molar-refractivity contribution is 5.92. The number of hydrogen-bond acceptors (Lipinski definition) is 10. The van der Waals surface area contributed by atoms with Gasteiger partial charge in [-0.3, -0.25) is 19.1 Å². The average Bonchev–Trinajstić information content (AvgIpc) is 3.52. The third-order valence-corrected chi connectivity index (χ3v) is 7.67. The van der Waals surface area contributed by atoms with Crippen LogP contribution in [-0.2, 0) is 15.3 Å². The molecule has 1 aromatic carbocycles. The second-order valence-electron chi connectivity index (χ2n) is 10.4. The lowest BCUT2D eigenvalue weighted by Gasteiger charge is -2.34. The summed E-state index contributed by atoms with van der Waals surface area (Å²) in [5.41, 5.74) is 3.14. The van der Waals surface area contributed by atoms with Crippen LogP contribution >= 0.6 is 0 Å². The van der Waals surface area contributed by atoms with Crippen LogP contribution in [0.25, 0.3) is 11.0 Å². The second-order valence-corrected chi connectivity index (χ2v) is 10.4. The van der Waals surface area contributed by atoms with Gasteiger partial charge in [0, 0.05) is 30.2 Å². The SMILES string of the molecule is Cc1cn([C@@]2(CCCC3(C#N)CC(C(N)=O)=CC=C3On3nnc4ccccc43)C[C@H](O)[C@@H](CO)O2)c(=O)[nH]c1=O. The van der Waals surface area contributed by atoms with Crippen LogP contribution in [0.15, 0.2) is 63.5 Å². The normalized spacial score (nSPS) is 25.9. The summed E-state index contributed by atoms with van der Waals surface area (Å²) in [6, 6.07) is 9.41. The summed E-state index contributed by atoms with van der Waals surface area (Å²) in [5, 5.41) is 38.9. The summed E-state index contributed by atoms with van der Waals surface area (Å²) in [6.45, 7) is 1.05. The van der Waals surface area contributed by atoms with Crippen molar-refractivity contribution >= 4 is 16.9 Å². The molecule has 1 unspecified atom stereocenters. The maximum atomic E-state index is 12.9. The monoisotopic (exact) mass is 563 g/mol. The lowest BCUT2D eigenvalue weighted by Crippen LogP contribution is -2.45. The predicted octanol–water partition coefficient (Wildman–Crippen LogP) is -0.107. The van der Waals surface area contributed by atoms with Crippen molar-refractivity contribution in [2.45, 2.75) is 57.0 Å². The Bertz CT molecular complexity index is 1710. The van der Waals surface area contributed by atoms with E-state index in [0.29, 0.717) is 11.0 Å². The standard InChI is InChI=1S/C27H29N7O7/c1-16-13-33(25(39)30-24(16)38)27(12-20(36)21(14-35)40-27)10-4-9-26(15-28)11-17(23(29)37)7-8-22(26)41-34-19-6-3-2-5-18(19)31-32-34/h2-3,5-8,13,20-21,35-36H,4,9-12,14H2,1H3,(H2,29,37)(H,30,38,39)/t20-,21+,26?,27+/m0/s1. The number of aromatic amines is 1. The highest BCUT2D eigenvalue weighted by Gasteiger charge is 2.49. The van der Waals surface area contributed by atoms with Crippen molar-refractivity contribution in [2.24, 2.45) is 11.1 Å². The number of ether oxygens (including phenoxy) is 1. The van der Waals surface area contributed by atoms with E-state index in [1.54, 1.807) is 24.3 Å². The largest absolute Gasteiger partial charge is 0.394 e. The molecule has 0 saturated carbocycles. The van der Waals surface area contributed by atoms with Gasteiger partial charge in [0.15, 0.2) is 11.5 Å². The highest BCUT2D eigenvalue weighted by Crippen LogP contribution is 2.44. The number of aromatic nitrogens is 5. The number of primary amides is 1. The topological polar surface area (TPSA) is 211 Å². The Labute approximate surface area is 232 Å². The van der Waals surface area contributed by atoms with Crippen molar-refractivity contribution in [3.63, 3.8) is 0 Å². The number of carbonyl (C=O) groups excluding carboxylic acids is 1. The molecule has 214 valence electrons. The molecule has 1 aliphatic carbocycles. The van der Waals surface area contributed by atoms with E-state index in [9.17, 15) is 29.9 Å². The van der Waals surface area contributed by atoms with E-state index in [1.165, 1.54) is 34.7 Å². The van der Waals surface area contributed by atoms with Gasteiger partial charge >= 0.3 is 5.69 Å². The Balaban J connectivity index is 1.47.